The van der Waals surface area contributed by atoms with Crippen LogP contribution in [-0.2, 0) is 6.54 Å². The SMILES string of the molecule is CCOc1cc(/C=N\NC(=O)c2cccn(Cc3ccc(OC)cc3)c2=O)cc(Cl)c1O. The minimum Gasteiger partial charge on any atom is -0.503 e. The Morgan fingerprint density at radius 1 is 1.25 bits per heavy atom. The van der Waals surface area contributed by atoms with E-state index < -0.39 is 11.5 Å². The van der Waals surface area contributed by atoms with Crippen LogP contribution < -0.4 is 20.5 Å². The van der Waals surface area contributed by atoms with Crippen molar-refractivity contribution in [1.82, 2.24) is 9.99 Å². The number of methoxy groups -OCH3 is 1. The summed E-state index contributed by atoms with van der Waals surface area (Å²) in [6, 6.07) is 13.4. The van der Waals surface area contributed by atoms with E-state index >= 15 is 0 Å². The second-order valence-corrected chi connectivity index (χ2v) is 7.09. The van der Waals surface area contributed by atoms with Crippen molar-refractivity contribution in [2.24, 2.45) is 5.10 Å². The molecule has 0 atom stereocenters. The van der Waals surface area contributed by atoms with Gasteiger partial charge in [0, 0.05) is 6.20 Å². The highest BCUT2D eigenvalue weighted by Crippen LogP contribution is 2.34. The highest BCUT2D eigenvalue weighted by Gasteiger charge is 2.12. The number of nitrogens with zero attached hydrogens (tertiary/aromatic N) is 2. The van der Waals surface area contributed by atoms with Crippen molar-refractivity contribution in [2.45, 2.75) is 13.5 Å². The third-order valence-electron chi connectivity index (χ3n) is 4.51. The van der Waals surface area contributed by atoms with Gasteiger partial charge in [0.15, 0.2) is 11.5 Å². The largest absolute Gasteiger partial charge is 0.503 e. The van der Waals surface area contributed by atoms with E-state index in [1.807, 2.05) is 12.1 Å². The Balaban J connectivity index is 1.73. The van der Waals surface area contributed by atoms with Crippen LogP contribution in [0.5, 0.6) is 17.2 Å². The van der Waals surface area contributed by atoms with E-state index in [9.17, 15) is 14.7 Å². The molecule has 3 aromatic rings. The lowest BCUT2D eigenvalue weighted by Crippen LogP contribution is -2.30. The molecule has 0 spiro atoms. The second-order valence-electron chi connectivity index (χ2n) is 6.68. The van der Waals surface area contributed by atoms with Gasteiger partial charge in [-0.15, -0.1) is 0 Å². The zero-order valence-corrected chi connectivity index (χ0v) is 18.3. The summed E-state index contributed by atoms with van der Waals surface area (Å²) < 4.78 is 11.9. The fourth-order valence-corrected chi connectivity index (χ4v) is 3.14. The van der Waals surface area contributed by atoms with Crippen LogP contribution in [0.2, 0.25) is 5.02 Å². The molecular formula is C23H22ClN3O5. The number of hydrogen-bond donors (Lipinski definition) is 2. The summed E-state index contributed by atoms with van der Waals surface area (Å²) >= 11 is 5.98. The maximum Gasteiger partial charge on any atom is 0.276 e. The zero-order valence-electron chi connectivity index (χ0n) is 17.5. The molecule has 0 unspecified atom stereocenters. The summed E-state index contributed by atoms with van der Waals surface area (Å²) in [6.07, 6.45) is 2.95. The molecule has 0 bridgehead atoms. The predicted molar refractivity (Wildman–Crippen MR) is 122 cm³/mol. The van der Waals surface area contributed by atoms with Gasteiger partial charge < -0.3 is 19.1 Å². The van der Waals surface area contributed by atoms with Gasteiger partial charge in [-0.25, -0.2) is 5.43 Å². The normalized spacial score (nSPS) is 10.8. The van der Waals surface area contributed by atoms with Crippen LogP contribution in [0, 0.1) is 0 Å². The Bertz CT molecular complexity index is 1190. The molecule has 1 aromatic heterocycles. The molecule has 1 heterocycles. The van der Waals surface area contributed by atoms with Gasteiger partial charge >= 0.3 is 0 Å². The van der Waals surface area contributed by atoms with E-state index in [1.165, 1.54) is 29.0 Å². The van der Waals surface area contributed by atoms with Crippen molar-refractivity contribution in [2.75, 3.05) is 13.7 Å². The molecule has 0 saturated heterocycles. The third-order valence-corrected chi connectivity index (χ3v) is 4.80. The summed E-state index contributed by atoms with van der Waals surface area (Å²) in [5.41, 5.74) is 3.24. The Morgan fingerprint density at radius 3 is 2.69 bits per heavy atom. The quantitative estimate of drug-likeness (QED) is 0.400. The highest BCUT2D eigenvalue weighted by atomic mass is 35.5. The summed E-state index contributed by atoms with van der Waals surface area (Å²) in [5, 5.41) is 13.9. The molecular weight excluding hydrogens is 434 g/mol. The third kappa shape index (κ3) is 5.47. The van der Waals surface area contributed by atoms with E-state index in [1.54, 1.807) is 38.4 Å². The lowest BCUT2D eigenvalue weighted by Gasteiger charge is -2.09. The fourth-order valence-electron chi connectivity index (χ4n) is 2.92. The van der Waals surface area contributed by atoms with E-state index in [0.717, 1.165) is 11.3 Å². The molecule has 2 aromatic carbocycles. The number of ether oxygens (including phenoxy) is 2. The number of amides is 1. The molecule has 1 amide bonds. The van der Waals surface area contributed by atoms with E-state index in [4.69, 9.17) is 21.1 Å². The number of halogens is 1. The number of pyridine rings is 1. The Labute approximate surface area is 189 Å². The standard InChI is InChI=1S/C23H22ClN3O5/c1-3-32-20-12-16(11-19(24)21(20)28)13-25-26-22(29)18-5-4-10-27(23(18)30)14-15-6-8-17(31-2)9-7-15/h4-13,28H,3,14H2,1-2H3,(H,26,29)/b25-13-. The molecule has 0 aliphatic heterocycles. The summed E-state index contributed by atoms with van der Waals surface area (Å²) in [5.74, 6) is 0.106. The van der Waals surface area contributed by atoms with Crippen LogP contribution in [0.4, 0.5) is 0 Å². The number of benzene rings is 2. The number of rotatable bonds is 8. The first-order valence-corrected chi connectivity index (χ1v) is 10.1. The lowest BCUT2D eigenvalue weighted by molar-refractivity contribution is 0.0953. The number of carbonyl (C=O) groups is 1. The van der Waals surface area contributed by atoms with Crippen molar-refractivity contribution in [1.29, 1.82) is 0 Å². The number of nitrogens with one attached hydrogen (secondary N) is 1. The molecule has 9 heteroatoms. The lowest BCUT2D eigenvalue weighted by atomic mass is 10.2. The molecule has 0 saturated carbocycles. The molecule has 2 N–H and O–H groups in total. The first-order chi connectivity index (χ1) is 15.4. The molecule has 0 aliphatic rings. The minimum atomic E-state index is -0.648. The molecule has 3 rings (SSSR count). The highest BCUT2D eigenvalue weighted by molar-refractivity contribution is 6.32. The van der Waals surface area contributed by atoms with E-state index in [0.29, 0.717) is 18.7 Å². The van der Waals surface area contributed by atoms with Gasteiger partial charge in [0.1, 0.15) is 11.3 Å². The Morgan fingerprint density at radius 2 is 2.00 bits per heavy atom. The predicted octanol–water partition coefficient (Wildman–Crippen LogP) is 3.43. The molecule has 0 radical (unpaired) electrons. The number of phenolic OH excluding ortho intramolecular Hbond substituents is 1. The first kappa shape index (κ1) is 22.9. The van der Waals surface area contributed by atoms with Gasteiger partial charge in [-0.1, -0.05) is 23.7 Å². The molecule has 8 nitrogen and oxygen atoms in total. The van der Waals surface area contributed by atoms with Crippen LogP contribution in [0.1, 0.15) is 28.4 Å². The van der Waals surface area contributed by atoms with Gasteiger partial charge in [-0.2, -0.15) is 5.10 Å². The van der Waals surface area contributed by atoms with Gasteiger partial charge in [-0.05, 0) is 54.4 Å². The van der Waals surface area contributed by atoms with Crippen molar-refractivity contribution in [3.8, 4) is 17.2 Å². The number of hydrogen-bond acceptors (Lipinski definition) is 6. The summed E-state index contributed by atoms with van der Waals surface area (Å²) in [4.78, 5) is 25.2. The van der Waals surface area contributed by atoms with Crippen molar-refractivity contribution >= 4 is 23.7 Å². The number of carbonyl (C=O) groups excluding carboxylic acids is 1. The Hall–Kier alpha value is -3.78. The van der Waals surface area contributed by atoms with Crippen LogP contribution in [0.15, 0.2) is 64.6 Å². The van der Waals surface area contributed by atoms with Gasteiger partial charge in [-0.3, -0.25) is 9.59 Å². The molecule has 0 aliphatic carbocycles. The van der Waals surface area contributed by atoms with Gasteiger partial charge in [0.2, 0.25) is 0 Å². The molecule has 0 fully saturated rings. The topological polar surface area (TPSA) is 102 Å². The second kappa shape index (κ2) is 10.5. The minimum absolute atomic E-state index is 0.0445. The van der Waals surface area contributed by atoms with E-state index in [2.05, 4.69) is 10.5 Å². The number of hydrazone groups is 1. The molecule has 166 valence electrons. The smallest absolute Gasteiger partial charge is 0.276 e. The average Bonchev–Trinajstić information content (AvgIpc) is 2.79. The van der Waals surface area contributed by atoms with Crippen LogP contribution in [0.3, 0.4) is 0 Å². The monoisotopic (exact) mass is 455 g/mol. The van der Waals surface area contributed by atoms with Gasteiger partial charge in [0.25, 0.3) is 11.5 Å². The van der Waals surface area contributed by atoms with Crippen molar-refractivity contribution in [3.63, 3.8) is 0 Å². The van der Waals surface area contributed by atoms with Crippen LogP contribution in [-0.4, -0.2) is 35.5 Å². The zero-order chi connectivity index (χ0) is 23.1. The number of aromatic hydroxyl groups is 1. The first-order valence-electron chi connectivity index (χ1n) is 9.74. The maximum atomic E-state index is 12.7. The number of aromatic nitrogens is 1. The molecule has 32 heavy (non-hydrogen) atoms. The maximum absolute atomic E-state index is 12.7. The van der Waals surface area contributed by atoms with Crippen LogP contribution >= 0.6 is 11.6 Å². The summed E-state index contributed by atoms with van der Waals surface area (Å²) in [6.45, 7) is 2.42. The average molecular weight is 456 g/mol. The van der Waals surface area contributed by atoms with Crippen molar-refractivity contribution in [3.05, 3.63) is 86.8 Å². The van der Waals surface area contributed by atoms with Gasteiger partial charge in [0.05, 0.1) is 31.5 Å². The van der Waals surface area contributed by atoms with Crippen molar-refractivity contribution < 1.29 is 19.4 Å². The number of phenols is 1. The fraction of sp³-hybridized carbons (Fsp3) is 0.174. The summed E-state index contributed by atoms with van der Waals surface area (Å²) in [7, 11) is 1.58. The van der Waals surface area contributed by atoms with E-state index in [-0.39, 0.29) is 22.1 Å². The van der Waals surface area contributed by atoms with Crippen LogP contribution in [0.25, 0.3) is 0 Å². The Kier molecular flexibility index (Phi) is 7.51.